The molecule has 2 heterocycles. The molecule has 0 aromatic carbocycles. The van der Waals surface area contributed by atoms with Crippen molar-refractivity contribution in [1.82, 2.24) is 20.4 Å². The summed E-state index contributed by atoms with van der Waals surface area (Å²) in [4.78, 5) is 20.3. The number of rotatable bonds is 9. The topological polar surface area (TPSA) is 73.1 Å². The average Bonchev–Trinajstić information content (AvgIpc) is 3.33. The van der Waals surface area contributed by atoms with Crippen molar-refractivity contribution in [2.45, 2.75) is 18.9 Å². The van der Waals surface area contributed by atoms with Gasteiger partial charge >= 0.3 is 0 Å². The molecule has 2 N–H and O–H groups in total. The first-order valence-corrected chi connectivity index (χ1v) is 10.5. The Morgan fingerprint density at radius 2 is 2.11 bits per heavy atom. The molecule has 154 valence electrons. The quantitative estimate of drug-likeness (QED) is 0.230. The van der Waals surface area contributed by atoms with Crippen LogP contribution in [0.25, 0.3) is 0 Å². The Morgan fingerprint density at radius 3 is 2.70 bits per heavy atom. The number of furan rings is 1. The van der Waals surface area contributed by atoms with Gasteiger partial charge in [0.2, 0.25) is 5.91 Å². The summed E-state index contributed by atoms with van der Waals surface area (Å²) in [6.45, 7) is 3.79. The van der Waals surface area contributed by atoms with Crippen molar-refractivity contribution in [1.29, 1.82) is 0 Å². The molecule has 1 atom stereocenters. The Morgan fingerprint density at radius 1 is 1.37 bits per heavy atom. The van der Waals surface area contributed by atoms with Crippen LogP contribution in [0.2, 0.25) is 0 Å². The summed E-state index contributed by atoms with van der Waals surface area (Å²) < 4.78 is 5.66. The lowest BCUT2D eigenvalue weighted by atomic mass is 10.2. The summed E-state index contributed by atoms with van der Waals surface area (Å²) in [6.07, 6.45) is 6.24. The number of carbonyl (C=O) groups is 1. The number of thioether (sulfide) groups is 1. The van der Waals surface area contributed by atoms with Gasteiger partial charge in [0.1, 0.15) is 12.3 Å². The molecule has 1 aromatic rings. The predicted octanol–water partition coefficient (Wildman–Crippen LogP) is 2.02. The lowest BCUT2D eigenvalue weighted by Gasteiger charge is -2.26. The van der Waals surface area contributed by atoms with Crippen molar-refractivity contribution in [3.05, 3.63) is 24.2 Å². The molecule has 2 rings (SSSR count). The summed E-state index contributed by atoms with van der Waals surface area (Å²) in [5, 5.41) is 6.70. The minimum absolute atomic E-state index is 0. The smallest absolute Gasteiger partial charge is 0.243 e. The Labute approximate surface area is 183 Å². The first-order valence-electron chi connectivity index (χ1n) is 9.10. The second-order valence-electron chi connectivity index (χ2n) is 6.53. The number of nitrogens with one attached hydrogen (secondary N) is 2. The number of aliphatic imine (C=N–C) groups is 1. The van der Waals surface area contributed by atoms with E-state index in [9.17, 15) is 4.79 Å². The van der Waals surface area contributed by atoms with Crippen molar-refractivity contribution < 1.29 is 9.21 Å². The predicted molar refractivity (Wildman–Crippen MR) is 123 cm³/mol. The molecule has 27 heavy (non-hydrogen) atoms. The molecule has 0 spiro atoms. The first kappa shape index (κ1) is 24.1. The van der Waals surface area contributed by atoms with E-state index in [1.165, 1.54) is 12.8 Å². The molecule has 0 aliphatic carbocycles. The highest BCUT2D eigenvalue weighted by atomic mass is 127. The summed E-state index contributed by atoms with van der Waals surface area (Å²) in [6, 6.07) is 4.13. The maximum Gasteiger partial charge on any atom is 0.243 e. The van der Waals surface area contributed by atoms with Gasteiger partial charge in [0.25, 0.3) is 0 Å². The zero-order valence-corrected chi connectivity index (χ0v) is 19.6. The monoisotopic (exact) mass is 509 g/mol. The van der Waals surface area contributed by atoms with E-state index in [1.807, 2.05) is 12.1 Å². The summed E-state index contributed by atoms with van der Waals surface area (Å²) in [7, 11) is 3.48. The zero-order chi connectivity index (χ0) is 18.8. The molecule has 9 heteroatoms. The normalized spacial score (nSPS) is 15.9. The van der Waals surface area contributed by atoms with E-state index in [2.05, 4.69) is 26.8 Å². The molecule has 0 radical (unpaired) electrons. The van der Waals surface area contributed by atoms with Gasteiger partial charge in [-0.15, -0.1) is 24.0 Å². The van der Waals surface area contributed by atoms with Crippen LogP contribution in [0.3, 0.4) is 0 Å². The van der Waals surface area contributed by atoms with E-state index in [1.54, 1.807) is 37.0 Å². The number of likely N-dealkylation sites (N-methyl/N-ethyl adjacent to an activating group) is 1. The molecule has 1 fully saturated rings. The fourth-order valence-electron chi connectivity index (χ4n) is 2.87. The molecular formula is C18H32IN5O2S. The number of amides is 1. The van der Waals surface area contributed by atoms with Gasteiger partial charge in [0.15, 0.2) is 5.96 Å². The van der Waals surface area contributed by atoms with E-state index in [0.29, 0.717) is 12.5 Å². The SMILES string of the molecule is CSCCNC(=NCC(=O)N(C)C)NCC(c1ccco1)N1CCCC1.I. The number of halogens is 1. The Balaban J connectivity index is 0.00000364. The van der Waals surface area contributed by atoms with Crippen molar-refractivity contribution in [2.75, 3.05) is 58.8 Å². The van der Waals surface area contributed by atoms with Crippen molar-refractivity contribution in [3.8, 4) is 0 Å². The molecule has 7 nitrogen and oxygen atoms in total. The number of guanidine groups is 1. The molecule has 1 aliphatic rings. The molecular weight excluding hydrogens is 477 g/mol. The van der Waals surface area contributed by atoms with Gasteiger partial charge in [-0.25, -0.2) is 4.99 Å². The third-order valence-electron chi connectivity index (χ3n) is 4.39. The van der Waals surface area contributed by atoms with E-state index < -0.39 is 0 Å². The third-order valence-corrected chi connectivity index (χ3v) is 5.00. The molecule has 1 saturated heterocycles. The lowest BCUT2D eigenvalue weighted by Crippen LogP contribution is -2.43. The van der Waals surface area contributed by atoms with Crippen LogP contribution in [0.15, 0.2) is 27.8 Å². The highest BCUT2D eigenvalue weighted by Crippen LogP contribution is 2.24. The highest BCUT2D eigenvalue weighted by Gasteiger charge is 2.25. The molecule has 0 saturated carbocycles. The fraction of sp³-hybridized carbons (Fsp3) is 0.667. The second-order valence-corrected chi connectivity index (χ2v) is 7.51. The maximum absolute atomic E-state index is 11.8. The van der Waals surface area contributed by atoms with E-state index >= 15 is 0 Å². The minimum Gasteiger partial charge on any atom is -0.468 e. The van der Waals surface area contributed by atoms with Crippen LogP contribution in [-0.2, 0) is 4.79 Å². The maximum atomic E-state index is 11.8. The van der Waals surface area contributed by atoms with Crippen LogP contribution < -0.4 is 10.6 Å². The van der Waals surface area contributed by atoms with Crippen molar-refractivity contribution >= 4 is 47.6 Å². The lowest BCUT2D eigenvalue weighted by molar-refractivity contribution is -0.127. The second kappa shape index (κ2) is 13.3. The molecule has 1 amide bonds. The van der Waals surface area contributed by atoms with Crippen molar-refractivity contribution in [3.63, 3.8) is 0 Å². The van der Waals surface area contributed by atoms with E-state index in [0.717, 1.165) is 31.1 Å². The minimum atomic E-state index is -0.0157. The van der Waals surface area contributed by atoms with Crippen LogP contribution in [0.5, 0.6) is 0 Å². The van der Waals surface area contributed by atoms with Gasteiger partial charge in [0, 0.05) is 32.9 Å². The number of likely N-dealkylation sites (tertiary alicyclic amines) is 1. The fourth-order valence-corrected chi connectivity index (χ4v) is 3.18. The Hall–Kier alpha value is -0.940. The summed E-state index contributed by atoms with van der Waals surface area (Å²) in [5.74, 6) is 2.60. The van der Waals surface area contributed by atoms with Gasteiger partial charge in [-0.2, -0.15) is 11.8 Å². The van der Waals surface area contributed by atoms with Crippen LogP contribution in [0, 0.1) is 0 Å². The largest absolute Gasteiger partial charge is 0.468 e. The summed E-state index contributed by atoms with van der Waals surface area (Å²) in [5.41, 5.74) is 0. The average molecular weight is 509 g/mol. The van der Waals surface area contributed by atoms with E-state index in [4.69, 9.17) is 4.42 Å². The van der Waals surface area contributed by atoms with Crippen molar-refractivity contribution in [2.24, 2.45) is 4.99 Å². The van der Waals surface area contributed by atoms with Crippen LogP contribution in [-0.4, -0.2) is 80.5 Å². The molecule has 1 unspecified atom stereocenters. The van der Waals surface area contributed by atoms with Crippen LogP contribution in [0.4, 0.5) is 0 Å². The number of hydrogen-bond donors (Lipinski definition) is 2. The van der Waals surface area contributed by atoms with Gasteiger partial charge in [-0.1, -0.05) is 0 Å². The summed E-state index contributed by atoms with van der Waals surface area (Å²) >= 11 is 1.77. The Bertz CT molecular complexity index is 562. The van der Waals surface area contributed by atoms with Gasteiger partial charge in [-0.05, 0) is 44.3 Å². The highest BCUT2D eigenvalue weighted by molar-refractivity contribution is 14.0. The Kier molecular flexibility index (Phi) is 11.8. The van der Waals surface area contributed by atoms with Crippen LogP contribution in [0.1, 0.15) is 24.6 Å². The number of nitrogens with zero attached hydrogens (tertiary/aromatic N) is 3. The van der Waals surface area contributed by atoms with Gasteiger partial charge in [-0.3, -0.25) is 9.69 Å². The molecule has 0 bridgehead atoms. The number of hydrogen-bond acceptors (Lipinski definition) is 5. The first-order chi connectivity index (χ1) is 12.6. The van der Waals surface area contributed by atoms with Gasteiger partial charge in [0.05, 0.1) is 12.3 Å². The molecule has 1 aromatic heterocycles. The van der Waals surface area contributed by atoms with E-state index in [-0.39, 0.29) is 42.5 Å². The third kappa shape index (κ3) is 8.30. The van der Waals surface area contributed by atoms with Crippen LogP contribution >= 0.6 is 35.7 Å². The standard InChI is InChI=1S/C18H31N5O2S.HI/c1-22(2)17(24)14-21-18(19-8-12-26-3)20-13-15(16-7-6-11-25-16)23-9-4-5-10-23;/h6-7,11,15H,4-5,8-10,12-14H2,1-3H3,(H2,19,20,21);1H. The van der Waals surface area contributed by atoms with Gasteiger partial charge < -0.3 is 20.0 Å². The zero-order valence-electron chi connectivity index (χ0n) is 16.4. The number of carbonyl (C=O) groups excluding carboxylic acids is 1. The molecule has 1 aliphatic heterocycles.